The highest BCUT2D eigenvalue weighted by molar-refractivity contribution is 5.84. The van der Waals surface area contributed by atoms with Crippen LogP contribution in [0.4, 0.5) is 0 Å². The van der Waals surface area contributed by atoms with E-state index in [-0.39, 0.29) is 23.1 Å². The number of carboxylic acids is 1. The molecular weight excluding hydrogens is 346 g/mol. The second-order valence-electron chi connectivity index (χ2n) is 8.35. The Morgan fingerprint density at radius 2 is 1.74 bits per heavy atom. The van der Waals surface area contributed by atoms with E-state index in [0.717, 1.165) is 25.7 Å². The van der Waals surface area contributed by atoms with Crippen molar-refractivity contribution < 1.29 is 19.5 Å². The minimum Gasteiger partial charge on any atom is -0.480 e. The SMILES string of the molecule is O=C(O)C1CC2(CCN(C(=O)C3CC3)CC2)CN1C(=O)CCn1cccc1. The van der Waals surface area contributed by atoms with Gasteiger partial charge in [0.1, 0.15) is 6.04 Å². The number of aryl methyl sites for hydroxylation is 1. The van der Waals surface area contributed by atoms with Crippen LogP contribution in [0.25, 0.3) is 0 Å². The van der Waals surface area contributed by atoms with Gasteiger partial charge in [-0.1, -0.05) is 0 Å². The van der Waals surface area contributed by atoms with Crippen LogP contribution in [0.15, 0.2) is 24.5 Å². The zero-order valence-corrected chi connectivity index (χ0v) is 15.5. The first-order valence-electron chi connectivity index (χ1n) is 9.89. The summed E-state index contributed by atoms with van der Waals surface area (Å²) in [6, 6.07) is 3.07. The lowest BCUT2D eigenvalue weighted by atomic mass is 9.76. The molecule has 1 N–H and O–H groups in total. The molecule has 7 heteroatoms. The van der Waals surface area contributed by atoms with Gasteiger partial charge >= 0.3 is 5.97 Å². The number of nitrogens with zero attached hydrogens (tertiary/aromatic N) is 3. The van der Waals surface area contributed by atoms with Gasteiger partial charge in [0, 0.05) is 50.9 Å². The second-order valence-corrected chi connectivity index (χ2v) is 8.35. The molecule has 2 aliphatic heterocycles. The van der Waals surface area contributed by atoms with Crippen LogP contribution < -0.4 is 0 Å². The van der Waals surface area contributed by atoms with Crippen LogP contribution in [0.2, 0.25) is 0 Å². The summed E-state index contributed by atoms with van der Waals surface area (Å²) in [5, 5.41) is 9.66. The van der Waals surface area contributed by atoms with Gasteiger partial charge in [-0.3, -0.25) is 9.59 Å². The number of piperidine rings is 1. The molecule has 1 spiro atoms. The maximum Gasteiger partial charge on any atom is 0.326 e. The number of carbonyl (C=O) groups is 3. The summed E-state index contributed by atoms with van der Waals surface area (Å²) in [5.41, 5.74) is -0.160. The third-order valence-electron chi connectivity index (χ3n) is 6.43. The molecule has 0 bridgehead atoms. The van der Waals surface area contributed by atoms with Crippen molar-refractivity contribution in [2.75, 3.05) is 19.6 Å². The maximum absolute atomic E-state index is 12.7. The first-order chi connectivity index (χ1) is 13.0. The highest BCUT2D eigenvalue weighted by Crippen LogP contribution is 2.44. The van der Waals surface area contributed by atoms with Crippen LogP contribution in [0.5, 0.6) is 0 Å². The summed E-state index contributed by atoms with van der Waals surface area (Å²) in [4.78, 5) is 40.3. The summed E-state index contributed by atoms with van der Waals surface area (Å²) in [6.07, 6.45) is 8.20. The summed E-state index contributed by atoms with van der Waals surface area (Å²) in [6.45, 7) is 2.44. The molecule has 3 aliphatic rings. The van der Waals surface area contributed by atoms with Gasteiger partial charge < -0.3 is 19.5 Å². The van der Waals surface area contributed by atoms with Crippen molar-refractivity contribution >= 4 is 17.8 Å². The number of carboxylic acid groups (broad SMARTS) is 1. The van der Waals surface area contributed by atoms with Gasteiger partial charge in [-0.25, -0.2) is 4.79 Å². The Morgan fingerprint density at radius 1 is 1.07 bits per heavy atom. The van der Waals surface area contributed by atoms with Crippen LogP contribution in [0.1, 0.15) is 38.5 Å². The van der Waals surface area contributed by atoms with E-state index in [9.17, 15) is 19.5 Å². The standard InChI is InChI=1S/C20H27N3O4/c24-17(5-10-21-8-1-2-9-21)23-14-20(13-16(23)19(26)27)6-11-22(12-7-20)18(25)15-3-4-15/h1-2,8-9,15-16H,3-7,10-14H2,(H,26,27). The third-order valence-corrected chi connectivity index (χ3v) is 6.43. The first-order valence-corrected chi connectivity index (χ1v) is 9.89. The molecule has 1 saturated carbocycles. The molecule has 27 heavy (non-hydrogen) atoms. The number of aliphatic carboxylic acids is 1. The maximum atomic E-state index is 12.7. The Hall–Kier alpha value is -2.31. The van der Waals surface area contributed by atoms with Gasteiger partial charge in [0.05, 0.1) is 0 Å². The van der Waals surface area contributed by atoms with E-state index in [4.69, 9.17) is 0 Å². The number of likely N-dealkylation sites (tertiary alicyclic amines) is 2. The van der Waals surface area contributed by atoms with E-state index < -0.39 is 12.0 Å². The second kappa shape index (κ2) is 7.02. The van der Waals surface area contributed by atoms with Gasteiger partial charge in [0.15, 0.2) is 0 Å². The van der Waals surface area contributed by atoms with Crippen LogP contribution in [0.3, 0.4) is 0 Å². The molecule has 4 rings (SSSR count). The fourth-order valence-corrected chi connectivity index (χ4v) is 4.58. The summed E-state index contributed by atoms with van der Waals surface area (Å²) < 4.78 is 1.93. The van der Waals surface area contributed by atoms with Gasteiger partial charge in [-0.2, -0.15) is 0 Å². The Balaban J connectivity index is 1.38. The van der Waals surface area contributed by atoms with Gasteiger partial charge in [-0.05, 0) is 49.7 Å². The Bertz CT molecular complexity index is 718. The normalized spacial score (nSPS) is 24.4. The molecule has 3 fully saturated rings. The largest absolute Gasteiger partial charge is 0.480 e. The number of hydrogen-bond acceptors (Lipinski definition) is 3. The lowest BCUT2D eigenvalue weighted by Gasteiger charge is -2.39. The van der Waals surface area contributed by atoms with Crippen molar-refractivity contribution in [3.05, 3.63) is 24.5 Å². The van der Waals surface area contributed by atoms with Crippen LogP contribution in [-0.4, -0.2) is 62.9 Å². The molecule has 2 amide bonds. The Kier molecular flexibility index (Phi) is 4.70. The van der Waals surface area contributed by atoms with E-state index in [1.54, 1.807) is 4.90 Å². The molecule has 1 unspecified atom stereocenters. The van der Waals surface area contributed by atoms with E-state index in [2.05, 4.69) is 0 Å². The molecule has 1 aliphatic carbocycles. The van der Waals surface area contributed by atoms with Crippen LogP contribution in [0, 0.1) is 11.3 Å². The molecule has 0 radical (unpaired) electrons. The number of amides is 2. The number of carbonyl (C=O) groups excluding carboxylic acids is 2. The first kappa shape index (κ1) is 18.1. The highest BCUT2D eigenvalue weighted by atomic mass is 16.4. The minimum absolute atomic E-state index is 0.0931. The van der Waals surface area contributed by atoms with E-state index in [0.29, 0.717) is 39.0 Å². The van der Waals surface area contributed by atoms with Crippen LogP contribution in [-0.2, 0) is 20.9 Å². The molecule has 146 valence electrons. The molecule has 1 aromatic rings. The van der Waals surface area contributed by atoms with Gasteiger partial charge in [0.2, 0.25) is 11.8 Å². The predicted octanol–water partition coefficient (Wildman–Crippen LogP) is 1.58. The lowest BCUT2D eigenvalue weighted by molar-refractivity contribution is -0.148. The van der Waals surface area contributed by atoms with Crippen molar-refractivity contribution in [3.8, 4) is 0 Å². The highest BCUT2D eigenvalue weighted by Gasteiger charge is 2.50. The van der Waals surface area contributed by atoms with E-state index in [1.807, 2.05) is 34.0 Å². The van der Waals surface area contributed by atoms with E-state index >= 15 is 0 Å². The lowest BCUT2D eigenvalue weighted by Crippen LogP contribution is -2.45. The summed E-state index contributed by atoms with van der Waals surface area (Å²) >= 11 is 0. The molecular formula is C20H27N3O4. The molecule has 2 saturated heterocycles. The Morgan fingerprint density at radius 3 is 2.33 bits per heavy atom. The third kappa shape index (κ3) is 3.73. The van der Waals surface area contributed by atoms with Crippen molar-refractivity contribution in [2.24, 2.45) is 11.3 Å². The van der Waals surface area contributed by atoms with Gasteiger partial charge in [-0.15, -0.1) is 0 Å². The van der Waals surface area contributed by atoms with Gasteiger partial charge in [0.25, 0.3) is 0 Å². The predicted molar refractivity (Wildman–Crippen MR) is 97.8 cm³/mol. The zero-order valence-electron chi connectivity index (χ0n) is 15.5. The Labute approximate surface area is 158 Å². The van der Waals surface area contributed by atoms with Crippen molar-refractivity contribution in [1.29, 1.82) is 0 Å². The quantitative estimate of drug-likeness (QED) is 0.850. The minimum atomic E-state index is -0.919. The molecule has 1 aromatic heterocycles. The fourth-order valence-electron chi connectivity index (χ4n) is 4.58. The number of aromatic nitrogens is 1. The summed E-state index contributed by atoms with van der Waals surface area (Å²) in [5.74, 6) is -0.527. The fraction of sp³-hybridized carbons (Fsp3) is 0.650. The summed E-state index contributed by atoms with van der Waals surface area (Å²) in [7, 11) is 0. The topological polar surface area (TPSA) is 82.8 Å². The smallest absolute Gasteiger partial charge is 0.326 e. The number of hydrogen-bond donors (Lipinski definition) is 1. The van der Waals surface area contributed by atoms with Crippen molar-refractivity contribution in [2.45, 2.75) is 51.1 Å². The molecule has 1 atom stereocenters. The molecule has 3 heterocycles. The molecule has 7 nitrogen and oxygen atoms in total. The van der Waals surface area contributed by atoms with E-state index in [1.165, 1.54) is 0 Å². The molecule has 0 aromatic carbocycles. The van der Waals surface area contributed by atoms with Crippen molar-refractivity contribution in [3.63, 3.8) is 0 Å². The average Bonchev–Trinajstić information content (AvgIpc) is 3.25. The van der Waals surface area contributed by atoms with Crippen LogP contribution >= 0.6 is 0 Å². The monoisotopic (exact) mass is 373 g/mol. The number of rotatable bonds is 5. The van der Waals surface area contributed by atoms with Crippen molar-refractivity contribution in [1.82, 2.24) is 14.4 Å². The zero-order chi connectivity index (χ0) is 19.0. The average molecular weight is 373 g/mol.